The molecule has 1 heterocycles. The van der Waals surface area contributed by atoms with E-state index in [1.165, 1.54) is 22.0 Å². The van der Waals surface area contributed by atoms with E-state index in [0.29, 0.717) is 0 Å². The minimum Gasteiger partial charge on any atom is -0.361 e. The Kier molecular flexibility index (Phi) is 3.69. The average Bonchev–Trinajstić information content (AvgIpc) is 2.88. The molecule has 0 radical (unpaired) electrons. The van der Waals surface area contributed by atoms with Gasteiger partial charge in [0.25, 0.3) is 0 Å². The van der Waals surface area contributed by atoms with Gasteiger partial charge in [0.05, 0.1) is 0 Å². The maximum absolute atomic E-state index is 8.12. The van der Waals surface area contributed by atoms with Crippen molar-refractivity contribution in [1.82, 2.24) is 4.98 Å². The SMILES string of the molecule is O=C=O.c1ccc(-c2ccc3[nH]ccc3c2)cc1. The molecule has 3 heteroatoms. The van der Waals surface area contributed by atoms with Crippen molar-refractivity contribution in [1.29, 1.82) is 0 Å². The van der Waals surface area contributed by atoms with Crippen molar-refractivity contribution < 1.29 is 9.59 Å². The van der Waals surface area contributed by atoms with Crippen LogP contribution >= 0.6 is 0 Å². The highest BCUT2D eigenvalue weighted by atomic mass is 16.2. The predicted molar refractivity (Wildman–Crippen MR) is 68.7 cm³/mol. The number of carbonyl (C=O) groups excluding carboxylic acids is 2. The summed E-state index contributed by atoms with van der Waals surface area (Å²) in [6, 6.07) is 19.0. The van der Waals surface area contributed by atoms with Crippen LogP contribution in [0.25, 0.3) is 22.0 Å². The first-order valence-corrected chi connectivity index (χ1v) is 5.47. The van der Waals surface area contributed by atoms with Gasteiger partial charge in [-0.25, -0.2) is 0 Å². The number of aromatic nitrogens is 1. The Morgan fingerprint density at radius 2 is 1.56 bits per heavy atom. The fourth-order valence-electron chi connectivity index (χ4n) is 1.86. The van der Waals surface area contributed by atoms with Crippen LogP contribution < -0.4 is 0 Å². The van der Waals surface area contributed by atoms with Gasteiger partial charge in [-0.15, -0.1) is 0 Å². The van der Waals surface area contributed by atoms with Gasteiger partial charge < -0.3 is 4.98 Å². The molecule has 0 bridgehead atoms. The van der Waals surface area contributed by atoms with E-state index in [0.717, 1.165) is 0 Å². The number of hydrogen-bond donors (Lipinski definition) is 1. The molecule has 0 aliphatic carbocycles. The van der Waals surface area contributed by atoms with Crippen LogP contribution in [0, 0.1) is 0 Å². The molecule has 2 aromatic carbocycles. The van der Waals surface area contributed by atoms with Crippen molar-refractivity contribution in [2.75, 3.05) is 0 Å². The van der Waals surface area contributed by atoms with Crippen LogP contribution in [0.2, 0.25) is 0 Å². The van der Waals surface area contributed by atoms with E-state index in [9.17, 15) is 0 Å². The van der Waals surface area contributed by atoms with Crippen LogP contribution in [0.4, 0.5) is 0 Å². The van der Waals surface area contributed by atoms with Crippen molar-refractivity contribution in [3.63, 3.8) is 0 Å². The Balaban J connectivity index is 0.000000367. The number of fused-ring (bicyclic) bond motifs is 1. The molecule has 0 unspecified atom stereocenters. The molecule has 0 fully saturated rings. The van der Waals surface area contributed by atoms with Crippen LogP contribution in [-0.2, 0) is 9.59 Å². The Hall–Kier alpha value is -2.64. The molecule has 1 N–H and O–H groups in total. The quantitative estimate of drug-likeness (QED) is 0.706. The molecule has 0 spiro atoms. The molecule has 0 saturated carbocycles. The highest BCUT2D eigenvalue weighted by Gasteiger charge is 1.98. The number of nitrogens with one attached hydrogen (secondary N) is 1. The number of rotatable bonds is 1. The first-order valence-electron chi connectivity index (χ1n) is 5.47. The molecule has 3 aromatic rings. The van der Waals surface area contributed by atoms with Crippen molar-refractivity contribution in [2.45, 2.75) is 0 Å². The largest absolute Gasteiger partial charge is 0.373 e. The third kappa shape index (κ3) is 2.54. The van der Waals surface area contributed by atoms with E-state index in [4.69, 9.17) is 9.59 Å². The van der Waals surface area contributed by atoms with Crippen molar-refractivity contribution >= 4 is 17.1 Å². The summed E-state index contributed by atoms with van der Waals surface area (Å²) in [6.07, 6.45) is 2.22. The zero-order valence-electron chi connectivity index (χ0n) is 9.59. The van der Waals surface area contributed by atoms with Gasteiger partial charge in [-0.3, -0.25) is 0 Å². The van der Waals surface area contributed by atoms with E-state index in [-0.39, 0.29) is 6.15 Å². The Bertz CT molecular complexity index is 665. The van der Waals surface area contributed by atoms with Gasteiger partial charge in [0.15, 0.2) is 0 Å². The van der Waals surface area contributed by atoms with Crippen molar-refractivity contribution in [3.8, 4) is 11.1 Å². The monoisotopic (exact) mass is 237 g/mol. The van der Waals surface area contributed by atoms with E-state index in [1.807, 2.05) is 12.3 Å². The fraction of sp³-hybridized carbons (Fsp3) is 0. The van der Waals surface area contributed by atoms with Gasteiger partial charge >= 0.3 is 6.15 Å². The molecule has 88 valence electrons. The zero-order chi connectivity index (χ0) is 12.8. The van der Waals surface area contributed by atoms with Crippen LogP contribution in [0.15, 0.2) is 60.8 Å². The van der Waals surface area contributed by atoms with E-state index in [1.54, 1.807) is 0 Å². The van der Waals surface area contributed by atoms with E-state index < -0.39 is 0 Å². The number of aromatic amines is 1. The Morgan fingerprint density at radius 3 is 2.28 bits per heavy atom. The first-order chi connectivity index (χ1) is 8.85. The maximum atomic E-state index is 8.12. The Labute approximate surface area is 104 Å². The third-order valence-electron chi connectivity index (χ3n) is 2.66. The number of benzene rings is 2. The minimum atomic E-state index is 0.250. The Morgan fingerprint density at radius 1 is 0.833 bits per heavy atom. The summed E-state index contributed by atoms with van der Waals surface area (Å²) in [7, 11) is 0. The average molecular weight is 237 g/mol. The standard InChI is InChI=1S/C14H11N.CO2/c1-2-4-11(5-3-1)12-6-7-14-13(10-12)8-9-15-14;2-1-3/h1-10,15H;. The summed E-state index contributed by atoms with van der Waals surface area (Å²) < 4.78 is 0. The van der Waals surface area contributed by atoms with E-state index in [2.05, 4.69) is 53.5 Å². The van der Waals surface area contributed by atoms with Gasteiger partial charge in [0.1, 0.15) is 0 Å². The maximum Gasteiger partial charge on any atom is 0.373 e. The normalized spacial score (nSPS) is 9.33. The topological polar surface area (TPSA) is 49.9 Å². The number of H-pyrrole nitrogens is 1. The van der Waals surface area contributed by atoms with Gasteiger partial charge in [0, 0.05) is 11.7 Å². The lowest BCUT2D eigenvalue weighted by atomic mass is 10.0. The molecular weight excluding hydrogens is 226 g/mol. The van der Waals surface area contributed by atoms with Crippen molar-refractivity contribution in [2.24, 2.45) is 0 Å². The lowest BCUT2D eigenvalue weighted by Crippen LogP contribution is -1.76. The fourth-order valence-corrected chi connectivity index (χ4v) is 1.86. The van der Waals surface area contributed by atoms with Crippen LogP contribution in [-0.4, -0.2) is 11.1 Å². The summed E-state index contributed by atoms with van der Waals surface area (Å²) in [4.78, 5) is 19.4. The lowest BCUT2D eigenvalue weighted by molar-refractivity contribution is -0.191. The molecule has 0 aliphatic heterocycles. The van der Waals surface area contributed by atoms with Crippen LogP contribution in [0.5, 0.6) is 0 Å². The molecule has 0 amide bonds. The lowest BCUT2D eigenvalue weighted by Gasteiger charge is -2.00. The van der Waals surface area contributed by atoms with Crippen LogP contribution in [0.3, 0.4) is 0 Å². The third-order valence-corrected chi connectivity index (χ3v) is 2.66. The minimum absolute atomic E-state index is 0.250. The summed E-state index contributed by atoms with van der Waals surface area (Å²) in [6.45, 7) is 0. The molecule has 1 aromatic heterocycles. The second kappa shape index (κ2) is 5.62. The van der Waals surface area contributed by atoms with Gasteiger partial charge in [-0.05, 0) is 34.7 Å². The first kappa shape index (κ1) is 11.8. The predicted octanol–water partition coefficient (Wildman–Crippen LogP) is 3.25. The van der Waals surface area contributed by atoms with Gasteiger partial charge in [0.2, 0.25) is 0 Å². The second-order valence-electron chi connectivity index (χ2n) is 3.73. The smallest absolute Gasteiger partial charge is 0.361 e. The molecule has 3 nitrogen and oxygen atoms in total. The molecule has 0 atom stereocenters. The number of hydrogen-bond acceptors (Lipinski definition) is 2. The summed E-state index contributed by atoms with van der Waals surface area (Å²) in [5.74, 6) is 0. The second-order valence-corrected chi connectivity index (χ2v) is 3.73. The molecule has 0 saturated heterocycles. The highest BCUT2D eigenvalue weighted by Crippen LogP contribution is 2.23. The molecule has 18 heavy (non-hydrogen) atoms. The van der Waals surface area contributed by atoms with Gasteiger partial charge in [-0.2, -0.15) is 9.59 Å². The molecule has 0 aliphatic rings. The van der Waals surface area contributed by atoms with Gasteiger partial charge in [-0.1, -0.05) is 36.4 Å². The molecule has 3 rings (SSSR count). The summed E-state index contributed by atoms with van der Waals surface area (Å²) in [5, 5.41) is 1.26. The van der Waals surface area contributed by atoms with Crippen LogP contribution in [0.1, 0.15) is 0 Å². The molecular formula is C15H11NO2. The zero-order valence-corrected chi connectivity index (χ0v) is 9.59. The summed E-state index contributed by atoms with van der Waals surface area (Å²) >= 11 is 0. The van der Waals surface area contributed by atoms with E-state index >= 15 is 0 Å². The summed E-state index contributed by atoms with van der Waals surface area (Å²) in [5.41, 5.74) is 3.72. The van der Waals surface area contributed by atoms with Crippen molar-refractivity contribution in [3.05, 3.63) is 60.8 Å². The highest BCUT2D eigenvalue weighted by molar-refractivity contribution is 5.84.